The highest BCUT2D eigenvalue weighted by Crippen LogP contribution is 2.32. The molecule has 0 atom stereocenters. The molecular weight excluding hydrogens is 333 g/mol. The van der Waals surface area contributed by atoms with E-state index in [0.717, 1.165) is 35.2 Å². The molecule has 134 valence electrons. The summed E-state index contributed by atoms with van der Waals surface area (Å²) in [7, 11) is 0. The van der Waals surface area contributed by atoms with Gasteiger partial charge in [-0.3, -0.25) is 9.59 Å². The van der Waals surface area contributed by atoms with Gasteiger partial charge in [-0.25, -0.2) is 4.39 Å². The molecular formula is C20H20FN3O2. The maximum atomic E-state index is 14.6. The van der Waals surface area contributed by atoms with Crippen LogP contribution in [-0.2, 0) is 24.2 Å². The normalized spacial score (nSPS) is 15.9. The fourth-order valence-electron chi connectivity index (χ4n) is 3.70. The van der Waals surface area contributed by atoms with Crippen molar-refractivity contribution in [3.8, 4) is 0 Å². The molecule has 2 heterocycles. The minimum Gasteiger partial charge on any atom is -0.326 e. The number of nitrogens with zero attached hydrogens (tertiary/aromatic N) is 1. The van der Waals surface area contributed by atoms with Crippen LogP contribution in [0.4, 0.5) is 15.8 Å². The van der Waals surface area contributed by atoms with E-state index < -0.39 is 5.82 Å². The van der Waals surface area contributed by atoms with Crippen LogP contribution in [0, 0.1) is 5.82 Å². The first-order chi connectivity index (χ1) is 12.6. The Morgan fingerprint density at radius 1 is 1.15 bits per heavy atom. The van der Waals surface area contributed by atoms with E-state index in [2.05, 4.69) is 5.32 Å². The van der Waals surface area contributed by atoms with E-state index in [9.17, 15) is 14.0 Å². The number of rotatable bonds is 2. The number of fused-ring (bicyclic) bond motifs is 2. The molecule has 0 radical (unpaired) electrons. The summed E-state index contributed by atoms with van der Waals surface area (Å²) >= 11 is 0. The molecule has 5 nitrogen and oxygen atoms in total. The third-order valence-corrected chi connectivity index (χ3v) is 5.06. The first-order valence-corrected chi connectivity index (χ1v) is 8.83. The van der Waals surface area contributed by atoms with Gasteiger partial charge in [0.05, 0.1) is 5.56 Å². The number of hydrogen-bond acceptors (Lipinski definition) is 3. The Morgan fingerprint density at radius 3 is 2.81 bits per heavy atom. The maximum Gasteiger partial charge on any atom is 0.261 e. The van der Waals surface area contributed by atoms with Gasteiger partial charge in [0.2, 0.25) is 5.91 Å². The van der Waals surface area contributed by atoms with Gasteiger partial charge in [0, 0.05) is 30.9 Å². The third kappa shape index (κ3) is 2.86. The van der Waals surface area contributed by atoms with Crippen LogP contribution >= 0.6 is 0 Å². The number of anilines is 2. The molecule has 0 fully saturated rings. The fourth-order valence-corrected chi connectivity index (χ4v) is 3.70. The summed E-state index contributed by atoms with van der Waals surface area (Å²) in [6.07, 6.45) is 2.57. The molecule has 0 aliphatic carbocycles. The van der Waals surface area contributed by atoms with Crippen LogP contribution in [0.3, 0.4) is 0 Å². The first-order valence-electron chi connectivity index (χ1n) is 8.83. The Balaban J connectivity index is 1.70. The molecule has 3 N–H and O–H groups in total. The number of benzene rings is 2. The smallest absolute Gasteiger partial charge is 0.261 e. The number of amides is 2. The van der Waals surface area contributed by atoms with Gasteiger partial charge in [-0.1, -0.05) is 12.1 Å². The highest BCUT2D eigenvalue weighted by atomic mass is 19.1. The maximum absolute atomic E-state index is 14.6. The zero-order valence-electron chi connectivity index (χ0n) is 14.3. The summed E-state index contributed by atoms with van der Waals surface area (Å²) in [5, 5.41) is 2.66. The Morgan fingerprint density at radius 2 is 2.00 bits per heavy atom. The van der Waals surface area contributed by atoms with Crippen molar-refractivity contribution in [2.24, 2.45) is 5.73 Å². The minimum absolute atomic E-state index is 0.0515. The second-order valence-electron chi connectivity index (χ2n) is 6.76. The number of aryl methyl sites for hydroxylation is 2. The van der Waals surface area contributed by atoms with Crippen molar-refractivity contribution in [3.63, 3.8) is 0 Å². The molecule has 0 spiro atoms. The predicted molar refractivity (Wildman–Crippen MR) is 97.7 cm³/mol. The lowest BCUT2D eigenvalue weighted by Crippen LogP contribution is -2.36. The molecule has 2 aromatic rings. The van der Waals surface area contributed by atoms with Gasteiger partial charge in [-0.05, 0) is 54.2 Å². The lowest BCUT2D eigenvalue weighted by molar-refractivity contribution is -0.116. The van der Waals surface area contributed by atoms with Gasteiger partial charge < -0.3 is 16.0 Å². The van der Waals surface area contributed by atoms with Crippen molar-refractivity contribution in [1.29, 1.82) is 0 Å². The lowest BCUT2D eigenvalue weighted by atomic mass is 9.96. The van der Waals surface area contributed by atoms with E-state index in [1.165, 1.54) is 6.07 Å². The summed E-state index contributed by atoms with van der Waals surface area (Å²) < 4.78 is 14.6. The molecule has 0 unspecified atom stereocenters. The van der Waals surface area contributed by atoms with E-state index in [1.54, 1.807) is 11.0 Å². The molecule has 2 aliphatic heterocycles. The molecule has 4 rings (SSSR count). The molecule has 0 bridgehead atoms. The van der Waals surface area contributed by atoms with E-state index in [1.807, 2.05) is 18.2 Å². The van der Waals surface area contributed by atoms with Crippen LogP contribution in [0.15, 0.2) is 30.3 Å². The average Bonchev–Trinajstić information content (AvgIpc) is 2.65. The Kier molecular flexibility index (Phi) is 4.20. The molecule has 2 aliphatic rings. The molecule has 26 heavy (non-hydrogen) atoms. The summed E-state index contributed by atoms with van der Waals surface area (Å²) in [6, 6.07) is 8.65. The van der Waals surface area contributed by atoms with Crippen molar-refractivity contribution in [1.82, 2.24) is 0 Å². The zero-order chi connectivity index (χ0) is 18.3. The summed E-state index contributed by atoms with van der Waals surface area (Å²) in [4.78, 5) is 26.2. The van der Waals surface area contributed by atoms with Gasteiger partial charge in [0.1, 0.15) is 5.82 Å². The molecule has 0 aromatic heterocycles. The van der Waals surface area contributed by atoms with Crippen LogP contribution < -0.4 is 16.0 Å². The topological polar surface area (TPSA) is 75.4 Å². The number of hydrogen-bond donors (Lipinski definition) is 2. The predicted octanol–water partition coefficient (Wildman–Crippen LogP) is 2.76. The van der Waals surface area contributed by atoms with Crippen LogP contribution in [0.1, 0.15) is 39.9 Å². The monoisotopic (exact) mass is 353 g/mol. The Labute approximate surface area is 151 Å². The van der Waals surface area contributed by atoms with Crippen LogP contribution in [0.5, 0.6) is 0 Å². The van der Waals surface area contributed by atoms with Crippen molar-refractivity contribution in [2.75, 3.05) is 16.8 Å². The van der Waals surface area contributed by atoms with E-state index in [0.29, 0.717) is 31.6 Å². The largest absolute Gasteiger partial charge is 0.326 e. The quantitative estimate of drug-likeness (QED) is 0.872. The summed E-state index contributed by atoms with van der Waals surface area (Å²) in [5.74, 6) is -1.08. The summed E-state index contributed by atoms with van der Waals surface area (Å²) in [5.41, 5.74) is 9.92. The second-order valence-corrected chi connectivity index (χ2v) is 6.76. The zero-order valence-corrected chi connectivity index (χ0v) is 14.3. The van der Waals surface area contributed by atoms with E-state index in [4.69, 9.17) is 5.73 Å². The van der Waals surface area contributed by atoms with Crippen LogP contribution in [0.2, 0.25) is 0 Å². The SMILES string of the molecule is NCc1ccc2c(c1)CCCN2C(=O)c1cc2c(cc1F)NC(=O)CC2. The van der Waals surface area contributed by atoms with E-state index in [-0.39, 0.29) is 17.4 Å². The van der Waals surface area contributed by atoms with Crippen LogP contribution in [-0.4, -0.2) is 18.4 Å². The van der Waals surface area contributed by atoms with Gasteiger partial charge in [0.15, 0.2) is 0 Å². The highest BCUT2D eigenvalue weighted by Gasteiger charge is 2.27. The third-order valence-electron chi connectivity index (χ3n) is 5.06. The van der Waals surface area contributed by atoms with Crippen molar-refractivity contribution in [3.05, 3.63) is 58.4 Å². The average molecular weight is 353 g/mol. The highest BCUT2D eigenvalue weighted by molar-refractivity contribution is 6.07. The Hall–Kier alpha value is -2.73. The number of carbonyl (C=O) groups is 2. The number of carbonyl (C=O) groups excluding carboxylic acids is 2. The van der Waals surface area contributed by atoms with Crippen LogP contribution in [0.25, 0.3) is 0 Å². The lowest BCUT2D eigenvalue weighted by Gasteiger charge is -2.30. The number of nitrogens with one attached hydrogen (secondary N) is 1. The van der Waals surface area contributed by atoms with E-state index >= 15 is 0 Å². The minimum atomic E-state index is -0.610. The van der Waals surface area contributed by atoms with Crippen molar-refractivity contribution < 1.29 is 14.0 Å². The van der Waals surface area contributed by atoms with Gasteiger partial charge in [-0.2, -0.15) is 0 Å². The van der Waals surface area contributed by atoms with Gasteiger partial charge in [0.25, 0.3) is 5.91 Å². The van der Waals surface area contributed by atoms with Gasteiger partial charge >= 0.3 is 0 Å². The summed E-state index contributed by atoms with van der Waals surface area (Å²) in [6.45, 7) is 1.01. The molecule has 6 heteroatoms. The Bertz CT molecular complexity index is 910. The number of nitrogens with two attached hydrogens (primary N) is 1. The molecule has 0 saturated carbocycles. The fraction of sp³-hybridized carbons (Fsp3) is 0.300. The second kappa shape index (κ2) is 6.53. The first kappa shape index (κ1) is 16.7. The molecule has 0 saturated heterocycles. The molecule has 2 aromatic carbocycles. The number of halogens is 1. The standard InChI is InChI=1S/C20H20FN3O2/c21-16-10-17-13(4-6-19(25)23-17)9-15(16)20(26)24-7-1-2-14-8-12(11-22)3-5-18(14)24/h3,5,8-10H,1-2,4,6-7,11,22H2,(H,23,25). The van der Waals surface area contributed by atoms with Gasteiger partial charge in [-0.15, -0.1) is 0 Å². The van der Waals surface area contributed by atoms with Crippen molar-refractivity contribution in [2.45, 2.75) is 32.2 Å². The molecule has 2 amide bonds. The van der Waals surface area contributed by atoms with Crippen molar-refractivity contribution >= 4 is 23.2 Å².